The molecule has 0 heterocycles. The van der Waals surface area contributed by atoms with E-state index in [4.69, 9.17) is 0 Å². The van der Waals surface area contributed by atoms with Crippen LogP contribution in [0.4, 0.5) is 0 Å². The number of benzene rings is 1. The normalized spacial score (nSPS) is 10.0. The van der Waals surface area contributed by atoms with E-state index in [1.807, 2.05) is 6.29 Å². The zero-order chi connectivity index (χ0) is 9.68. The number of hydrogen-bond donors (Lipinski definition) is 0. The van der Waals surface area contributed by atoms with Crippen molar-refractivity contribution in [3.05, 3.63) is 34.9 Å². The molecule has 1 heteroatoms. The molecule has 0 saturated carbocycles. The van der Waals surface area contributed by atoms with Gasteiger partial charge in [0.25, 0.3) is 0 Å². The summed E-state index contributed by atoms with van der Waals surface area (Å²) in [6, 6.07) is 6.45. The highest BCUT2D eigenvalue weighted by Gasteiger charge is 1.97. The van der Waals surface area contributed by atoms with Crippen LogP contribution >= 0.6 is 0 Å². The Morgan fingerprint density at radius 1 is 1.31 bits per heavy atom. The third-order valence-electron chi connectivity index (χ3n) is 2.22. The van der Waals surface area contributed by atoms with Crippen molar-refractivity contribution in [2.75, 3.05) is 0 Å². The van der Waals surface area contributed by atoms with E-state index in [1.54, 1.807) is 0 Å². The van der Waals surface area contributed by atoms with Gasteiger partial charge in [-0.25, -0.2) is 0 Å². The molecule has 13 heavy (non-hydrogen) atoms. The van der Waals surface area contributed by atoms with Crippen LogP contribution in [0.5, 0.6) is 0 Å². The minimum atomic E-state index is 0.549. The van der Waals surface area contributed by atoms with Crippen molar-refractivity contribution in [1.82, 2.24) is 0 Å². The number of carbonyl (C=O) groups excluding carboxylic acids is 1. The maximum Gasteiger partial charge on any atom is 0.198 e. The van der Waals surface area contributed by atoms with Gasteiger partial charge < -0.3 is 0 Å². The van der Waals surface area contributed by atoms with E-state index in [-0.39, 0.29) is 0 Å². The van der Waals surface area contributed by atoms with Gasteiger partial charge in [0, 0.05) is 6.42 Å². The first kappa shape index (κ1) is 9.97. The maximum atomic E-state index is 10.0. The highest BCUT2D eigenvalue weighted by Crippen LogP contribution is 2.12. The van der Waals surface area contributed by atoms with Crippen LogP contribution in [-0.4, -0.2) is 6.29 Å². The minimum absolute atomic E-state index is 0.549. The van der Waals surface area contributed by atoms with Crippen molar-refractivity contribution in [3.63, 3.8) is 0 Å². The van der Waals surface area contributed by atoms with Gasteiger partial charge in [-0.1, -0.05) is 23.8 Å². The quantitative estimate of drug-likeness (QED) is 0.643. The zero-order valence-corrected chi connectivity index (χ0v) is 8.26. The second-order valence-corrected chi connectivity index (χ2v) is 3.43. The monoisotopic (exact) mass is 175 g/mol. The molecule has 1 nitrogen and oxygen atoms in total. The summed E-state index contributed by atoms with van der Waals surface area (Å²) in [6.45, 7) is 4.21. The predicted molar refractivity (Wildman–Crippen MR) is 54.5 cm³/mol. The molecule has 0 saturated heterocycles. The van der Waals surface area contributed by atoms with Crippen LogP contribution in [0.1, 0.15) is 29.5 Å². The summed E-state index contributed by atoms with van der Waals surface area (Å²) in [5.41, 5.74) is 3.97. The third-order valence-corrected chi connectivity index (χ3v) is 2.22. The smallest absolute Gasteiger partial charge is 0.198 e. The summed E-state index contributed by atoms with van der Waals surface area (Å²) in [7, 11) is 0. The Morgan fingerprint density at radius 3 is 2.69 bits per heavy atom. The molecule has 0 aliphatic carbocycles. The molecule has 0 amide bonds. The van der Waals surface area contributed by atoms with Crippen molar-refractivity contribution >= 4 is 6.29 Å². The maximum absolute atomic E-state index is 10.0. The van der Waals surface area contributed by atoms with Crippen molar-refractivity contribution in [2.45, 2.75) is 33.1 Å². The summed E-state index contributed by atoms with van der Waals surface area (Å²) >= 11 is 0. The molecule has 1 radical (unpaired) electrons. The highest BCUT2D eigenvalue weighted by atomic mass is 16.1. The minimum Gasteiger partial charge on any atom is -0.291 e. The lowest BCUT2D eigenvalue weighted by Crippen LogP contribution is -1.90. The molecule has 0 aromatic heterocycles. The number of unbranched alkanes of at least 4 members (excludes halogenated alkanes) is 1. The Balaban J connectivity index is 2.61. The number of aryl methyl sites for hydroxylation is 3. The van der Waals surface area contributed by atoms with Crippen LogP contribution in [-0.2, 0) is 11.2 Å². The molecule has 0 atom stereocenters. The molecule has 0 aliphatic rings. The topological polar surface area (TPSA) is 17.1 Å². The first-order valence-electron chi connectivity index (χ1n) is 4.65. The molecule has 1 aromatic carbocycles. The molecule has 69 valence electrons. The Bertz CT molecular complexity index is 289. The summed E-state index contributed by atoms with van der Waals surface area (Å²) in [4.78, 5) is 10.0. The Labute approximate surface area is 79.8 Å². The van der Waals surface area contributed by atoms with Gasteiger partial charge in [-0.15, -0.1) is 0 Å². The number of rotatable bonds is 4. The second kappa shape index (κ2) is 4.80. The first-order valence-corrected chi connectivity index (χ1v) is 4.65. The fourth-order valence-electron chi connectivity index (χ4n) is 1.48. The van der Waals surface area contributed by atoms with Gasteiger partial charge in [-0.3, -0.25) is 4.79 Å². The van der Waals surface area contributed by atoms with Gasteiger partial charge in [0.2, 0.25) is 0 Å². The van der Waals surface area contributed by atoms with E-state index in [1.165, 1.54) is 16.7 Å². The molecule has 0 bridgehead atoms. The van der Waals surface area contributed by atoms with E-state index >= 15 is 0 Å². The lowest BCUT2D eigenvalue weighted by molar-refractivity contribution is 0.548. The summed E-state index contributed by atoms with van der Waals surface area (Å²) in [5.74, 6) is 0. The Hall–Kier alpha value is -1.11. The largest absolute Gasteiger partial charge is 0.291 e. The second-order valence-electron chi connectivity index (χ2n) is 3.43. The van der Waals surface area contributed by atoms with E-state index in [9.17, 15) is 4.79 Å². The average molecular weight is 175 g/mol. The summed E-state index contributed by atoms with van der Waals surface area (Å²) < 4.78 is 0. The van der Waals surface area contributed by atoms with Crippen molar-refractivity contribution in [2.24, 2.45) is 0 Å². The van der Waals surface area contributed by atoms with Gasteiger partial charge in [0.15, 0.2) is 6.29 Å². The fourth-order valence-corrected chi connectivity index (χ4v) is 1.48. The van der Waals surface area contributed by atoms with Crippen molar-refractivity contribution in [1.29, 1.82) is 0 Å². The molecule has 1 aromatic rings. The van der Waals surface area contributed by atoms with E-state index < -0.39 is 0 Å². The highest BCUT2D eigenvalue weighted by molar-refractivity contribution is 5.50. The zero-order valence-electron chi connectivity index (χ0n) is 8.26. The molecule has 1 rings (SSSR count). The fraction of sp³-hybridized carbons (Fsp3) is 0.417. The Morgan fingerprint density at radius 2 is 2.08 bits per heavy atom. The lowest BCUT2D eigenvalue weighted by Gasteiger charge is -2.04. The molecule has 0 unspecified atom stereocenters. The van der Waals surface area contributed by atoms with E-state index in [2.05, 4.69) is 32.0 Å². The Kier molecular flexibility index (Phi) is 3.69. The lowest BCUT2D eigenvalue weighted by atomic mass is 10.0. The van der Waals surface area contributed by atoms with Crippen LogP contribution in [0.2, 0.25) is 0 Å². The standard InChI is InChI=1S/C12H15O/c1-10-6-7-12(11(2)9-10)5-3-4-8-13/h6-7,9H,3-5H2,1-2H3. The van der Waals surface area contributed by atoms with E-state index in [0.29, 0.717) is 6.42 Å². The molecular weight excluding hydrogens is 160 g/mol. The summed E-state index contributed by atoms with van der Waals surface area (Å²) in [5, 5.41) is 0. The van der Waals surface area contributed by atoms with Crippen molar-refractivity contribution < 1.29 is 4.79 Å². The van der Waals surface area contributed by atoms with Crippen LogP contribution in [0.15, 0.2) is 18.2 Å². The van der Waals surface area contributed by atoms with Crippen LogP contribution in [0.3, 0.4) is 0 Å². The van der Waals surface area contributed by atoms with Gasteiger partial charge >= 0.3 is 0 Å². The van der Waals surface area contributed by atoms with Crippen LogP contribution in [0, 0.1) is 13.8 Å². The van der Waals surface area contributed by atoms with Crippen molar-refractivity contribution in [3.8, 4) is 0 Å². The average Bonchev–Trinajstić information content (AvgIpc) is 2.09. The van der Waals surface area contributed by atoms with Gasteiger partial charge in [-0.05, 0) is 37.8 Å². The van der Waals surface area contributed by atoms with Crippen LogP contribution < -0.4 is 0 Å². The van der Waals surface area contributed by atoms with Gasteiger partial charge in [0.05, 0.1) is 0 Å². The SMILES string of the molecule is Cc1ccc(CCC[C]=O)c(C)c1. The van der Waals surface area contributed by atoms with Gasteiger partial charge in [0.1, 0.15) is 0 Å². The molecular formula is C12H15O. The van der Waals surface area contributed by atoms with Gasteiger partial charge in [-0.2, -0.15) is 0 Å². The van der Waals surface area contributed by atoms with E-state index in [0.717, 1.165) is 12.8 Å². The summed E-state index contributed by atoms with van der Waals surface area (Å²) in [6.07, 6.45) is 4.37. The number of hydrogen-bond acceptors (Lipinski definition) is 1. The predicted octanol–water partition coefficient (Wildman–Crippen LogP) is 2.74. The third kappa shape index (κ3) is 3.02. The molecule has 0 N–H and O–H groups in total. The first-order chi connectivity index (χ1) is 6.24. The molecule has 0 aliphatic heterocycles. The molecule has 0 spiro atoms. The van der Waals surface area contributed by atoms with Crippen LogP contribution in [0.25, 0.3) is 0 Å². The molecule has 0 fully saturated rings.